The minimum atomic E-state index is -3.46. The van der Waals surface area contributed by atoms with Crippen LogP contribution in [0.25, 0.3) is 10.9 Å². The van der Waals surface area contributed by atoms with Crippen LogP contribution in [0.1, 0.15) is 11.1 Å². The summed E-state index contributed by atoms with van der Waals surface area (Å²) in [5, 5.41) is 0.936. The van der Waals surface area contributed by atoms with Crippen molar-refractivity contribution in [3.05, 3.63) is 45.7 Å². The van der Waals surface area contributed by atoms with E-state index in [-0.39, 0.29) is 12.1 Å². The molecule has 0 aliphatic carbocycles. The predicted octanol–water partition coefficient (Wildman–Crippen LogP) is 0.775. The Kier molecular flexibility index (Phi) is 4.46. The zero-order chi connectivity index (χ0) is 15.6. The number of aromatic amines is 1. The second kappa shape index (κ2) is 5.97. The predicted molar refractivity (Wildman–Crippen MR) is 83.6 cm³/mol. The summed E-state index contributed by atoms with van der Waals surface area (Å²) in [6.45, 7) is 2.14. The first-order valence-corrected chi connectivity index (χ1v) is 8.03. The lowest BCUT2D eigenvalue weighted by atomic mass is 10.1. The van der Waals surface area contributed by atoms with Crippen LogP contribution in [0.5, 0.6) is 0 Å². The van der Waals surface area contributed by atoms with Gasteiger partial charge in [0.25, 0.3) is 15.8 Å². The number of aromatic nitrogens is 1. The monoisotopic (exact) mass is 309 g/mol. The smallest absolute Gasteiger partial charge is 0.278 e. The number of fused-ring (bicyclic) bond motifs is 1. The molecule has 0 aliphatic heterocycles. The molecule has 0 bridgehead atoms. The van der Waals surface area contributed by atoms with E-state index in [1.54, 1.807) is 6.07 Å². The van der Waals surface area contributed by atoms with Gasteiger partial charge in [0, 0.05) is 31.7 Å². The molecule has 2 rings (SSSR count). The second-order valence-electron chi connectivity index (χ2n) is 5.15. The molecule has 0 fully saturated rings. The zero-order valence-electron chi connectivity index (χ0n) is 12.3. The fourth-order valence-electron chi connectivity index (χ4n) is 1.99. The maximum absolute atomic E-state index is 12.0. The van der Waals surface area contributed by atoms with Gasteiger partial charge in [-0.2, -0.15) is 12.7 Å². The van der Waals surface area contributed by atoms with E-state index in [1.807, 2.05) is 25.1 Å². The first kappa shape index (κ1) is 15.7. The van der Waals surface area contributed by atoms with E-state index in [9.17, 15) is 13.2 Å². The highest BCUT2D eigenvalue weighted by Crippen LogP contribution is 2.13. The Morgan fingerprint density at radius 2 is 1.95 bits per heavy atom. The summed E-state index contributed by atoms with van der Waals surface area (Å²) < 4.78 is 26.7. The molecule has 0 amide bonds. The molecule has 2 N–H and O–H groups in total. The Bertz CT molecular complexity index is 810. The van der Waals surface area contributed by atoms with Crippen LogP contribution in [0, 0.1) is 6.92 Å². The molecule has 1 aromatic heterocycles. The molecule has 2 aromatic rings. The lowest BCUT2D eigenvalue weighted by Crippen LogP contribution is -2.37. The molecule has 0 radical (unpaired) electrons. The number of hydrogen-bond donors (Lipinski definition) is 2. The highest BCUT2D eigenvalue weighted by Gasteiger charge is 2.12. The Morgan fingerprint density at radius 1 is 1.24 bits per heavy atom. The van der Waals surface area contributed by atoms with Crippen LogP contribution >= 0.6 is 0 Å². The fourth-order valence-corrected chi connectivity index (χ4v) is 2.61. The summed E-state index contributed by atoms with van der Waals surface area (Å²) in [6, 6.07) is 7.63. The average Bonchev–Trinajstić information content (AvgIpc) is 2.39. The van der Waals surface area contributed by atoms with Crippen LogP contribution in [-0.2, 0) is 16.6 Å². The molecule has 6 nitrogen and oxygen atoms in total. The van der Waals surface area contributed by atoms with Gasteiger partial charge in [-0.15, -0.1) is 0 Å². The van der Waals surface area contributed by atoms with Gasteiger partial charge < -0.3 is 4.98 Å². The highest BCUT2D eigenvalue weighted by molar-refractivity contribution is 7.87. The molecule has 0 atom stereocenters. The van der Waals surface area contributed by atoms with Gasteiger partial charge in [0.1, 0.15) is 0 Å². The summed E-state index contributed by atoms with van der Waals surface area (Å²) in [5.41, 5.74) is 2.24. The third-order valence-corrected chi connectivity index (χ3v) is 4.77. The molecular formula is C14H19N3O3S. The maximum atomic E-state index is 12.0. The van der Waals surface area contributed by atoms with Crippen LogP contribution in [0.4, 0.5) is 0 Å². The van der Waals surface area contributed by atoms with Gasteiger partial charge in [0.2, 0.25) is 0 Å². The third-order valence-electron chi connectivity index (χ3n) is 3.24. The Hall–Kier alpha value is -1.70. The van der Waals surface area contributed by atoms with Crippen LogP contribution in [-0.4, -0.2) is 38.3 Å². The molecule has 0 spiro atoms. The standard InChI is InChI=1S/C14H19N3O3S/c1-10-4-5-11-9-12(14(18)16-13(11)8-10)6-7-15-21(19,20)17(2)3/h4-5,8-9,15H,6-7H2,1-3H3,(H,16,18). The minimum Gasteiger partial charge on any atom is -0.322 e. The van der Waals surface area contributed by atoms with Crippen molar-refractivity contribution < 1.29 is 8.42 Å². The van der Waals surface area contributed by atoms with E-state index in [0.29, 0.717) is 12.0 Å². The van der Waals surface area contributed by atoms with Crippen LogP contribution < -0.4 is 10.3 Å². The van der Waals surface area contributed by atoms with Crippen molar-refractivity contribution in [3.63, 3.8) is 0 Å². The Labute approximate surface area is 124 Å². The number of pyridine rings is 1. The number of nitrogens with one attached hydrogen (secondary N) is 2. The molecular weight excluding hydrogens is 290 g/mol. The average molecular weight is 309 g/mol. The van der Waals surface area contributed by atoms with Crippen molar-refractivity contribution >= 4 is 21.1 Å². The topological polar surface area (TPSA) is 82.3 Å². The van der Waals surface area contributed by atoms with E-state index >= 15 is 0 Å². The molecule has 1 aromatic carbocycles. The van der Waals surface area contributed by atoms with Crippen LogP contribution in [0.15, 0.2) is 29.1 Å². The Morgan fingerprint density at radius 3 is 2.62 bits per heavy atom. The lowest BCUT2D eigenvalue weighted by Gasteiger charge is -2.12. The van der Waals surface area contributed by atoms with E-state index < -0.39 is 10.2 Å². The summed E-state index contributed by atoms with van der Waals surface area (Å²) in [6.07, 6.45) is 0.340. The molecule has 7 heteroatoms. The molecule has 0 saturated heterocycles. The van der Waals surface area contributed by atoms with Gasteiger partial charge in [-0.25, -0.2) is 4.72 Å². The lowest BCUT2D eigenvalue weighted by molar-refractivity contribution is 0.506. The minimum absolute atomic E-state index is 0.182. The summed E-state index contributed by atoms with van der Waals surface area (Å²) in [7, 11) is -0.554. The van der Waals surface area contributed by atoms with Gasteiger partial charge in [-0.05, 0) is 36.4 Å². The van der Waals surface area contributed by atoms with Crippen LogP contribution in [0.2, 0.25) is 0 Å². The van der Waals surface area contributed by atoms with E-state index in [4.69, 9.17) is 0 Å². The Balaban J connectivity index is 2.18. The number of benzene rings is 1. The summed E-state index contributed by atoms with van der Waals surface area (Å²) in [4.78, 5) is 14.8. The van der Waals surface area contributed by atoms with Gasteiger partial charge in [-0.1, -0.05) is 12.1 Å². The molecule has 0 aliphatic rings. The van der Waals surface area contributed by atoms with Crippen molar-refractivity contribution in [1.29, 1.82) is 0 Å². The van der Waals surface area contributed by atoms with Crippen LogP contribution in [0.3, 0.4) is 0 Å². The van der Waals surface area contributed by atoms with Crippen molar-refractivity contribution in [2.45, 2.75) is 13.3 Å². The normalized spacial score (nSPS) is 12.2. The van der Waals surface area contributed by atoms with Gasteiger partial charge in [-0.3, -0.25) is 4.79 Å². The van der Waals surface area contributed by atoms with Crippen molar-refractivity contribution in [1.82, 2.24) is 14.0 Å². The number of hydrogen-bond acceptors (Lipinski definition) is 3. The van der Waals surface area contributed by atoms with Crippen molar-refractivity contribution in [2.24, 2.45) is 0 Å². The van der Waals surface area contributed by atoms with Crippen molar-refractivity contribution in [2.75, 3.05) is 20.6 Å². The maximum Gasteiger partial charge on any atom is 0.278 e. The number of aryl methyl sites for hydroxylation is 1. The number of nitrogens with zero attached hydrogens (tertiary/aromatic N) is 1. The fraction of sp³-hybridized carbons (Fsp3) is 0.357. The van der Waals surface area contributed by atoms with Crippen molar-refractivity contribution in [3.8, 4) is 0 Å². The summed E-state index contributed by atoms with van der Waals surface area (Å²) in [5.74, 6) is 0. The molecule has 21 heavy (non-hydrogen) atoms. The molecule has 0 saturated carbocycles. The largest absolute Gasteiger partial charge is 0.322 e. The highest BCUT2D eigenvalue weighted by atomic mass is 32.2. The SMILES string of the molecule is Cc1ccc2cc(CCNS(=O)(=O)N(C)C)c(=O)[nH]c2c1. The van der Waals surface area contributed by atoms with E-state index in [0.717, 1.165) is 20.8 Å². The summed E-state index contributed by atoms with van der Waals surface area (Å²) >= 11 is 0. The molecule has 0 unspecified atom stereocenters. The first-order valence-electron chi connectivity index (χ1n) is 6.59. The quantitative estimate of drug-likeness (QED) is 0.856. The molecule has 114 valence electrons. The van der Waals surface area contributed by atoms with E-state index in [1.165, 1.54) is 14.1 Å². The molecule has 1 heterocycles. The van der Waals surface area contributed by atoms with E-state index in [2.05, 4.69) is 9.71 Å². The van der Waals surface area contributed by atoms with Gasteiger partial charge in [0.05, 0.1) is 0 Å². The van der Waals surface area contributed by atoms with Gasteiger partial charge >= 0.3 is 0 Å². The zero-order valence-corrected chi connectivity index (χ0v) is 13.1. The first-order chi connectivity index (χ1) is 9.79. The third kappa shape index (κ3) is 3.69. The second-order valence-corrected chi connectivity index (χ2v) is 7.12. The van der Waals surface area contributed by atoms with Gasteiger partial charge in [0.15, 0.2) is 0 Å². The number of rotatable bonds is 5. The number of H-pyrrole nitrogens is 1.